The van der Waals surface area contributed by atoms with Gasteiger partial charge in [-0.1, -0.05) is 32.1 Å². The molecular formula is C32H48N4O2. The van der Waals surface area contributed by atoms with Crippen molar-refractivity contribution in [3.63, 3.8) is 0 Å². The van der Waals surface area contributed by atoms with Gasteiger partial charge in [0.25, 0.3) is 0 Å². The lowest BCUT2D eigenvalue weighted by Crippen LogP contribution is -2.49. The summed E-state index contributed by atoms with van der Waals surface area (Å²) >= 11 is 0. The summed E-state index contributed by atoms with van der Waals surface area (Å²) in [7, 11) is 6.00. The molecule has 6 heteroatoms. The number of hydrogen-bond acceptors (Lipinski definition) is 5. The number of hydrogen-bond donors (Lipinski definition) is 1. The molecule has 2 heterocycles. The number of aliphatic imine (C=N–C) groups is 1. The normalized spacial score (nSPS) is 30.8. The molecule has 0 spiro atoms. The molecule has 0 bridgehead atoms. The van der Waals surface area contributed by atoms with Crippen molar-refractivity contribution in [2.75, 3.05) is 27.7 Å². The summed E-state index contributed by atoms with van der Waals surface area (Å²) in [6.45, 7) is 16.3. The lowest BCUT2D eigenvalue weighted by molar-refractivity contribution is -0.116. The van der Waals surface area contributed by atoms with Gasteiger partial charge in [0.15, 0.2) is 0 Å². The Kier molecular flexibility index (Phi) is 11.4. The summed E-state index contributed by atoms with van der Waals surface area (Å²) in [5, 5.41) is 3.08. The molecule has 1 amide bonds. The molecule has 5 rings (SSSR count). The second-order valence-electron chi connectivity index (χ2n) is 11.8. The third-order valence-electron chi connectivity index (χ3n) is 8.88. The van der Waals surface area contributed by atoms with Crippen LogP contribution in [0, 0.1) is 35.5 Å². The topological polar surface area (TPSA) is 74.7 Å². The Morgan fingerprint density at radius 2 is 1.76 bits per heavy atom. The van der Waals surface area contributed by atoms with E-state index in [2.05, 4.69) is 67.7 Å². The van der Waals surface area contributed by atoms with Crippen molar-refractivity contribution >= 4 is 25.0 Å². The van der Waals surface area contributed by atoms with Crippen LogP contribution < -0.4 is 5.32 Å². The second kappa shape index (κ2) is 13.8. The summed E-state index contributed by atoms with van der Waals surface area (Å²) in [6.07, 6.45) is 17.0. The van der Waals surface area contributed by atoms with Crippen LogP contribution in [0.2, 0.25) is 0 Å². The molecule has 208 valence electrons. The summed E-state index contributed by atoms with van der Waals surface area (Å²) < 4.78 is 0. The maximum atomic E-state index is 12.1. The highest BCUT2D eigenvalue weighted by molar-refractivity contribution is 5.88. The van der Waals surface area contributed by atoms with E-state index in [1.807, 2.05) is 45.1 Å². The first-order chi connectivity index (χ1) is 18.1. The summed E-state index contributed by atoms with van der Waals surface area (Å²) in [6, 6.07) is 2.31. The zero-order valence-corrected chi connectivity index (χ0v) is 24.4. The maximum absolute atomic E-state index is 12.1. The van der Waals surface area contributed by atoms with Crippen LogP contribution in [0.15, 0.2) is 54.0 Å². The Balaban J connectivity index is 0.000000443. The van der Waals surface area contributed by atoms with E-state index in [0.717, 1.165) is 31.2 Å². The van der Waals surface area contributed by atoms with Crippen LogP contribution in [0.25, 0.3) is 5.57 Å². The summed E-state index contributed by atoms with van der Waals surface area (Å²) in [5.41, 5.74) is 5.99. The SMILES string of the molecule is C=CN=C.C=O.CN(C)C.Cc1cncc(C2=CCC3C4CCC5=CC(=O)NCCC5(C)C4CCC23C)c1. The van der Waals surface area contributed by atoms with Crippen LogP contribution in [0.1, 0.15) is 63.5 Å². The first-order valence-corrected chi connectivity index (χ1v) is 13.6. The summed E-state index contributed by atoms with van der Waals surface area (Å²) in [5.74, 6) is 2.32. The third kappa shape index (κ3) is 6.76. The van der Waals surface area contributed by atoms with Gasteiger partial charge in [-0.25, -0.2) is 0 Å². The first kappa shape index (κ1) is 31.4. The molecule has 5 atom stereocenters. The highest BCUT2D eigenvalue weighted by Crippen LogP contribution is 2.66. The molecule has 2 saturated carbocycles. The maximum Gasteiger partial charge on any atom is 0.243 e. The Morgan fingerprint density at radius 3 is 2.37 bits per heavy atom. The second-order valence-corrected chi connectivity index (χ2v) is 11.8. The fraction of sp³-hybridized carbons (Fsp3) is 0.562. The first-order valence-electron chi connectivity index (χ1n) is 13.6. The van der Waals surface area contributed by atoms with Gasteiger partial charge in [0.2, 0.25) is 5.91 Å². The molecule has 0 radical (unpaired) electrons. The number of aromatic nitrogens is 1. The summed E-state index contributed by atoms with van der Waals surface area (Å²) in [4.78, 5) is 29.8. The highest BCUT2D eigenvalue weighted by Gasteiger charge is 2.56. The van der Waals surface area contributed by atoms with E-state index in [1.54, 1.807) is 0 Å². The molecule has 3 aliphatic carbocycles. The van der Waals surface area contributed by atoms with Crippen molar-refractivity contribution in [3.05, 3.63) is 60.1 Å². The zero-order chi connectivity index (χ0) is 28.5. The lowest BCUT2D eigenvalue weighted by Gasteiger charge is -2.57. The number of nitrogens with one attached hydrogen (secondary N) is 1. The minimum absolute atomic E-state index is 0.120. The molecule has 5 unspecified atom stereocenters. The standard InChI is InChI=1S/C25H32N2O.C3H9N.C3H5N.CH2O/c1-16-12-17(15-26-14-16)20-6-7-21-19-5-4-18-13-23(28)27-11-10-24(18,2)22(19)8-9-25(20,21)3;1-4(2)3;1-3-4-2;1-2/h6,12-15,19,21-22H,4-5,7-11H2,1-3H3,(H,27,28);1-3H3;3H,1-2H2;1H2. The molecule has 1 aromatic rings. The van der Waals surface area contributed by atoms with Crippen LogP contribution in [0.3, 0.4) is 0 Å². The van der Waals surface area contributed by atoms with E-state index < -0.39 is 0 Å². The van der Waals surface area contributed by atoms with Crippen molar-refractivity contribution in [2.45, 2.75) is 59.3 Å². The van der Waals surface area contributed by atoms with E-state index in [9.17, 15) is 4.79 Å². The monoisotopic (exact) mass is 520 g/mol. The van der Waals surface area contributed by atoms with Gasteiger partial charge in [0.1, 0.15) is 6.79 Å². The van der Waals surface area contributed by atoms with Crippen LogP contribution in [0.4, 0.5) is 0 Å². The fourth-order valence-electron chi connectivity index (χ4n) is 7.28. The van der Waals surface area contributed by atoms with Gasteiger partial charge in [0, 0.05) is 31.2 Å². The van der Waals surface area contributed by atoms with Crippen LogP contribution in [-0.2, 0) is 9.59 Å². The number of allylic oxidation sites excluding steroid dienone is 3. The van der Waals surface area contributed by atoms with E-state index in [1.165, 1.54) is 54.2 Å². The van der Waals surface area contributed by atoms with E-state index in [4.69, 9.17) is 4.79 Å². The molecule has 1 aliphatic heterocycles. The van der Waals surface area contributed by atoms with Crippen LogP contribution in [-0.4, -0.2) is 57.0 Å². The Morgan fingerprint density at radius 1 is 1.11 bits per heavy atom. The molecule has 1 aromatic heterocycles. The Labute approximate surface area is 230 Å². The zero-order valence-electron chi connectivity index (χ0n) is 24.4. The quantitative estimate of drug-likeness (QED) is 0.493. The predicted octanol–water partition coefficient (Wildman–Crippen LogP) is 5.90. The van der Waals surface area contributed by atoms with Gasteiger partial charge in [0.05, 0.1) is 0 Å². The number of carbonyl (C=O) groups is 2. The van der Waals surface area contributed by atoms with E-state index in [0.29, 0.717) is 5.92 Å². The molecule has 0 saturated heterocycles. The average Bonchev–Trinajstić information content (AvgIpc) is 3.15. The molecular weight excluding hydrogens is 472 g/mol. The Bertz CT molecular complexity index is 1040. The number of amides is 1. The fourth-order valence-corrected chi connectivity index (χ4v) is 7.28. The number of nitrogens with zero attached hydrogens (tertiary/aromatic N) is 3. The number of pyridine rings is 1. The Hall–Kier alpha value is -2.86. The van der Waals surface area contributed by atoms with Gasteiger partial charge >= 0.3 is 0 Å². The minimum Gasteiger partial charge on any atom is -0.353 e. The number of aryl methyl sites for hydroxylation is 1. The third-order valence-corrected chi connectivity index (χ3v) is 8.88. The number of rotatable bonds is 2. The van der Waals surface area contributed by atoms with Crippen LogP contribution >= 0.6 is 0 Å². The van der Waals surface area contributed by atoms with Crippen LogP contribution in [0.5, 0.6) is 0 Å². The smallest absolute Gasteiger partial charge is 0.243 e. The molecule has 38 heavy (non-hydrogen) atoms. The molecule has 0 aromatic carbocycles. The molecule has 6 nitrogen and oxygen atoms in total. The minimum atomic E-state index is 0.120. The van der Waals surface area contributed by atoms with Crippen molar-refractivity contribution in [2.24, 2.45) is 33.6 Å². The highest BCUT2D eigenvalue weighted by atomic mass is 16.1. The molecule has 1 N–H and O–H groups in total. The van der Waals surface area contributed by atoms with Gasteiger partial charge in [-0.05, 0) is 125 Å². The molecule has 2 fully saturated rings. The van der Waals surface area contributed by atoms with Crippen molar-refractivity contribution in [1.29, 1.82) is 0 Å². The van der Waals surface area contributed by atoms with Gasteiger partial charge < -0.3 is 15.0 Å². The van der Waals surface area contributed by atoms with Crippen molar-refractivity contribution < 1.29 is 9.59 Å². The van der Waals surface area contributed by atoms with E-state index >= 15 is 0 Å². The lowest BCUT2D eigenvalue weighted by atomic mass is 9.47. The average molecular weight is 521 g/mol. The largest absolute Gasteiger partial charge is 0.353 e. The van der Waals surface area contributed by atoms with Gasteiger partial charge in [-0.3, -0.25) is 14.8 Å². The predicted molar refractivity (Wildman–Crippen MR) is 159 cm³/mol. The number of fused-ring (bicyclic) bond motifs is 5. The van der Waals surface area contributed by atoms with Gasteiger partial charge in [-0.2, -0.15) is 0 Å². The van der Waals surface area contributed by atoms with Crippen molar-refractivity contribution in [1.82, 2.24) is 15.2 Å². The van der Waals surface area contributed by atoms with Gasteiger partial charge in [-0.15, -0.1) is 0 Å². The number of carbonyl (C=O) groups excluding carboxylic acids is 2. The molecule has 4 aliphatic rings. The van der Waals surface area contributed by atoms with Crippen molar-refractivity contribution in [3.8, 4) is 0 Å². The van der Waals surface area contributed by atoms with E-state index in [-0.39, 0.29) is 16.7 Å².